The van der Waals surface area contributed by atoms with Crippen LogP contribution in [0.3, 0.4) is 0 Å². The third-order valence-electron chi connectivity index (χ3n) is 3.83. The van der Waals surface area contributed by atoms with Crippen molar-refractivity contribution in [3.8, 4) is 0 Å². The number of non-ortho nitro benzene ring substituents is 1. The molecular weight excluding hydrogens is 329 g/mol. The van der Waals surface area contributed by atoms with Crippen molar-refractivity contribution >= 4 is 17.3 Å². The molecule has 0 saturated carbocycles. The predicted molar refractivity (Wildman–Crippen MR) is 80.7 cm³/mol. The lowest BCUT2D eigenvalue weighted by Gasteiger charge is -2.18. The van der Waals surface area contributed by atoms with Gasteiger partial charge >= 0.3 is 6.18 Å². The van der Waals surface area contributed by atoms with E-state index in [-0.39, 0.29) is 17.2 Å². The summed E-state index contributed by atoms with van der Waals surface area (Å²) < 4.78 is 37.1. The van der Waals surface area contributed by atoms with Crippen molar-refractivity contribution in [2.75, 3.05) is 31.5 Å². The standard InChI is InChI=1S/C14H17F3N4O3/c15-14(16,17)8-20-4-3-9(7-20)6-19-12-2-1-10(21(23)24)5-11(12)13(18)22/h1-2,5,9,19H,3-4,6-8H2,(H2,18,22). The Hall–Kier alpha value is -2.36. The van der Waals surface area contributed by atoms with Gasteiger partial charge in [0.15, 0.2) is 0 Å². The lowest BCUT2D eigenvalue weighted by Crippen LogP contribution is -2.33. The molecule has 0 aliphatic carbocycles. The maximum absolute atomic E-state index is 12.4. The number of nitro groups is 1. The van der Waals surface area contributed by atoms with E-state index in [0.717, 1.165) is 6.07 Å². The average molecular weight is 346 g/mol. The Morgan fingerprint density at radius 1 is 1.46 bits per heavy atom. The van der Waals surface area contributed by atoms with Gasteiger partial charge in [-0.15, -0.1) is 0 Å². The molecule has 1 heterocycles. The Morgan fingerprint density at radius 2 is 2.17 bits per heavy atom. The number of nitrogens with zero attached hydrogens (tertiary/aromatic N) is 2. The zero-order chi connectivity index (χ0) is 17.9. The molecule has 1 fully saturated rings. The van der Waals surface area contributed by atoms with Crippen LogP contribution in [-0.2, 0) is 0 Å². The number of benzene rings is 1. The largest absolute Gasteiger partial charge is 0.401 e. The molecule has 1 saturated heterocycles. The van der Waals surface area contributed by atoms with E-state index < -0.39 is 23.6 Å². The molecule has 1 aromatic carbocycles. The van der Waals surface area contributed by atoms with Gasteiger partial charge in [0, 0.05) is 30.9 Å². The first-order valence-corrected chi connectivity index (χ1v) is 7.27. The molecule has 1 amide bonds. The summed E-state index contributed by atoms with van der Waals surface area (Å²) >= 11 is 0. The molecule has 0 spiro atoms. The molecule has 3 N–H and O–H groups in total. The number of hydrogen-bond acceptors (Lipinski definition) is 5. The van der Waals surface area contributed by atoms with Crippen molar-refractivity contribution in [3.05, 3.63) is 33.9 Å². The third kappa shape index (κ3) is 4.82. The van der Waals surface area contributed by atoms with Crippen LogP contribution < -0.4 is 11.1 Å². The fourth-order valence-corrected chi connectivity index (χ4v) is 2.73. The zero-order valence-electron chi connectivity index (χ0n) is 12.7. The number of rotatable bonds is 6. The molecule has 24 heavy (non-hydrogen) atoms. The summed E-state index contributed by atoms with van der Waals surface area (Å²) in [6.07, 6.45) is -3.62. The Bertz CT molecular complexity index is 636. The summed E-state index contributed by atoms with van der Waals surface area (Å²) in [7, 11) is 0. The van der Waals surface area contributed by atoms with Gasteiger partial charge in [0.1, 0.15) is 0 Å². The number of primary amides is 1. The van der Waals surface area contributed by atoms with Gasteiger partial charge in [-0.25, -0.2) is 0 Å². The van der Waals surface area contributed by atoms with Gasteiger partial charge in [-0.3, -0.25) is 19.8 Å². The zero-order valence-corrected chi connectivity index (χ0v) is 12.7. The normalized spacial score (nSPS) is 18.5. The van der Waals surface area contributed by atoms with Gasteiger partial charge in [0.2, 0.25) is 0 Å². The van der Waals surface area contributed by atoms with Crippen LogP contribution in [-0.4, -0.2) is 48.1 Å². The van der Waals surface area contributed by atoms with Gasteiger partial charge in [-0.2, -0.15) is 13.2 Å². The monoisotopic (exact) mass is 346 g/mol. The molecule has 1 atom stereocenters. The molecule has 10 heteroatoms. The number of alkyl halides is 3. The van der Waals surface area contributed by atoms with Crippen LogP contribution in [0.15, 0.2) is 18.2 Å². The maximum Gasteiger partial charge on any atom is 0.401 e. The Kier molecular flexibility index (Phi) is 5.27. The molecule has 1 aromatic rings. The molecule has 0 radical (unpaired) electrons. The molecule has 1 unspecified atom stereocenters. The Balaban J connectivity index is 1.97. The van der Waals surface area contributed by atoms with E-state index in [2.05, 4.69) is 5.32 Å². The summed E-state index contributed by atoms with van der Waals surface area (Å²) in [4.78, 5) is 22.9. The van der Waals surface area contributed by atoms with Crippen LogP contribution in [0.4, 0.5) is 24.5 Å². The van der Waals surface area contributed by atoms with Gasteiger partial charge in [0.25, 0.3) is 11.6 Å². The molecular formula is C14H17F3N4O3. The molecule has 132 valence electrons. The SMILES string of the molecule is NC(=O)c1cc([N+](=O)[O-])ccc1NCC1CCN(CC(F)(F)F)C1. The van der Waals surface area contributed by atoms with Crippen molar-refractivity contribution in [1.82, 2.24) is 4.90 Å². The van der Waals surface area contributed by atoms with Crippen molar-refractivity contribution in [1.29, 1.82) is 0 Å². The number of nitrogens with two attached hydrogens (primary N) is 1. The van der Waals surface area contributed by atoms with Crippen LogP contribution in [0.5, 0.6) is 0 Å². The lowest BCUT2D eigenvalue weighted by atomic mass is 10.1. The number of anilines is 1. The van der Waals surface area contributed by atoms with E-state index in [4.69, 9.17) is 5.73 Å². The number of halogens is 3. The minimum Gasteiger partial charge on any atom is -0.384 e. The Labute approximate surface area is 135 Å². The second-order valence-corrected chi connectivity index (χ2v) is 5.74. The van der Waals surface area contributed by atoms with Crippen molar-refractivity contribution in [2.45, 2.75) is 12.6 Å². The minimum atomic E-state index is -4.22. The fourth-order valence-electron chi connectivity index (χ4n) is 2.73. The number of nitro benzene ring substituents is 1. The first kappa shape index (κ1) is 18.0. The highest BCUT2D eigenvalue weighted by Gasteiger charge is 2.34. The van der Waals surface area contributed by atoms with E-state index in [9.17, 15) is 28.1 Å². The molecule has 0 bridgehead atoms. The summed E-state index contributed by atoms with van der Waals surface area (Å²) in [5.41, 5.74) is 5.28. The fraction of sp³-hybridized carbons (Fsp3) is 0.500. The van der Waals surface area contributed by atoms with Crippen molar-refractivity contribution < 1.29 is 22.9 Å². The number of carbonyl (C=O) groups is 1. The first-order valence-electron chi connectivity index (χ1n) is 7.27. The number of likely N-dealkylation sites (tertiary alicyclic amines) is 1. The lowest BCUT2D eigenvalue weighted by molar-refractivity contribution is -0.384. The third-order valence-corrected chi connectivity index (χ3v) is 3.83. The number of nitrogens with one attached hydrogen (secondary N) is 1. The topological polar surface area (TPSA) is 102 Å². The van der Waals surface area contributed by atoms with Crippen LogP contribution in [0.25, 0.3) is 0 Å². The Morgan fingerprint density at radius 3 is 2.75 bits per heavy atom. The average Bonchev–Trinajstić information content (AvgIpc) is 2.90. The molecule has 7 nitrogen and oxygen atoms in total. The molecule has 0 aromatic heterocycles. The van der Waals surface area contributed by atoms with Gasteiger partial charge in [-0.1, -0.05) is 0 Å². The van der Waals surface area contributed by atoms with Crippen molar-refractivity contribution in [3.63, 3.8) is 0 Å². The predicted octanol–water partition coefficient (Wildman–Crippen LogP) is 1.99. The highest BCUT2D eigenvalue weighted by atomic mass is 19.4. The number of hydrogen-bond donors (Lipinski definition) is 2. The highest BCUT2D eigenvalue weighted by molar-refractivity contribution is 5.99. The second kappa shape index (κ2) is 7.04. The maximum atomic E-state index is 12.4. The van der Waals surface area contributed by atoms with E-state index in [0.29, 0.717) is 31.7 Å². The smallest absolute Gasteiger partial charge is 0.384 e. The van der Waals surface area contributed by atoms with Crippen LogP contribution in [0.2, 0.25) is 0 Å². The van der Waals surface area contributed by atoms with E-state index >= 15 is 0 Å². The van der Waals surface area contributed by atoms with E-state index in [1.54, 1.807) is 0 Å². The van der Waals surface area contributed by atoms with Gasteiger partial charge < -0.3 is 11.1 Å². The molecule has 2 rings (SSSR count). The summed E-state index contributed by atoms with van der Waals surface area (Å²) in [6.45, 7) is 0.0696. The number of amides is 1. The van der Waals surface area contributed by atoms with Gasteiger partial charge in [0.05, 0.1) is 17.0 Å². The van der Waals surface area contributed by atoms with Gasteiger partial charge in [-0.05, 0) is 24.9 Å². The van der Waals surface area contributed by atoms with E-state index in [1.165, 1.54) is 17.0 Å². The highest BCUT2D eigenvalue weighted by Crippen LogP contribution is 2.25. The quantitative estimate of drug-likeness (QED) is 0.606. The summed E-state index contributed by atoms with van der Waals surface area (Å²) in [5, 5.41) is 13.7. The molecule has 1 aliphatic heterocycles. The summed E-state index contributed by atoms with van der Waals surface area (Å²) in [5.74, 6) is -0.824. The molecule has 1 aliphatic rings. The number of carbonyl (C=O) groups excluding carboxylic acids is 1. The van der Waals surface area contributed by atoms with Crippen LogP contribution in [0.1, 0.15) is 16.8 Å². The van der Waals surface area contributed by atoms with Crippen LogP contribution in [0, 0.1) is 16.0 Å². The van der Waals surface area contributed by atoms with Crippen LogP contribution >= 0.6 is 0 Å². The first-order chi connectivity index (χ1) is 11.2. The minimum absolute atomic E-state index is 0.0109. The second-order valence-electron chi connectivity index (χ2n) is 5.74. The summed E-state index contributed by atoms with van der Waals surface area (Å²) in [6, 6.07) is 3.69. The van der Waals surface area contributed by atoms with Crippen molar-refractivity contribution in [2.24, 2.45) is 11.7 Å². The van der Waals surface area contributed by atoms with E-state index in [1.807, 2.05) is 0 Å².